The highest BCUT2D eigenvalue weighted by molar-refractivity contribution is 9.10. The molecular weight excluding hydrogens is 328 g/mol. The zero-order valence-corrected chi connectivity index (χ0v) is 13.4. The van der Waals surface area contributed by atoms with Crippen LogP contribution >= 0.6 is 15.9 Å². The fraction of sp³-hybridized carbons (Fsp3) is 0.235. The smallest absolute Gasteiger partial charge is 0.174 e. The lowest BCUT2D eigenvalue weighted by Crippen LogP contribution is -2.18. The molecular formula is C17H17BrN2O. The number of halogens is 1. The van der Waals surface area contributed by atoms with E-state index >= 15 is 0 Å². The third-order valence-corrected chi connectivity index (χ3v) is 3.71. The predicted molar refractivity (Wildman–Crippen MR) is 86.9 cm³/mol. The van der Waals surface area contributed by atoms with Crippen molar-refractivity contribution in [1.29, 1.82) is 5.26 Å². The van der Waals surface area contributed by atoms with Gasteiger partial charge in [0.25, 0.3) is 0 Å². The van der Waals surface area contributed by atoms with E-state index in [0.717, 1.165) is 15.8 Å². The normalized spacial score (nSPS) is 11.7. The lowest BCUT2D eigenvalue weighted by molar-refractivity contribution is 0.361. The fourth-order valence-corrected chi connectivity index (χ4v) is 2.47. The van der Waals surface area contributed by atoms with Crippen LogP contribution in [-0.2, 0) is 6.54 Å². The number of benzene rings is 2. The molecule has 0 aromatic heterocycles. The van der Waals surface area contributed by atoms with E-state index in [1.807, 2.05) is 42.5 Å². The molecule has 3 nitrogen and oxygen atoms in total. The second-order valence-corrected chi connectivity index (χ2v) is 5.63. The van der Waals surface area contributed by atoms with Crippen molar-refractivity contribution in [3.8, 4) is 11.8 Å². The maximum Gasteiger partial charge on any atom is 0.174 e. The number of nitriles is 1. The average molecular weight is 345 g/mol. The van der Waals surface area contributed by atoms with Gasteiger partial charge in [0, 0.05) is 22.6 Å². The molecule has 0 aliphatic carbocycles. The van der Waals surface area contributed by atoms with E-state index in [1.54, 1.807) is 0 Å². The zero-order valence-electron chi connectivity index (χ0n) is 11.8. The maximum absolute atomic E-state index is 8.64. The standard InChI is InChI=1S/C17H17BrN2O/c1-13(14-5-3-2-4-6-14)20-12-15-11-16(18)7-8-17(15)21-10-9-19/h2-8,11,13,20H,10,12H2,1H3/t13-/m1/s1. The van der Waals surface area contributed by atoms with Crippen molar-refractivity contribution in [2.75, 3.05) is 6.61 Å². The molecule has 0 aliphatic rings. The molecule has 0 heterocycles. The van der Waals surface area contributed by atoms with Gasteiger partial charge in [-0.1, -0.05) is 46.3 Å². The first kappa shape index (κ1) is 15.6. The quantitative estimate of drug-likeness (QED) is 0.853. The first-order valence-electron chi connectivity index (χ1n) is 6.77. The summed E-state index contributed by atoms with van der Waals surface area (Å²) in [4.78, 5) is 0. The molecule has 0 amide bonds. The highest BCUT2D eigenvalue weighted by Gasteiger charge is 2.08. The summed E-state index contributed by atoms with van der Waals surface area (Å²) in [5.74, 6) is 0.743. The van der Waals surface area contributed by atoms with Gasteiger partial charge in [-0.05, 0) is 30.7 Å². The van der Waals surface area contributed by atoms with Gasteiger partial charge in [-0.3, -0.25) is 0 Å². The van der Waals surface area contributed by atoms with Crippen LogP contribution in [-0.4, -0.2) is 6.61 Å². The second-order valence-electron chi connectivity index (χ2n) is 4.71. The zero-order chi connectivity index (χ0) is 15.1. The summed E-state index contributed by atoms with van der Waals surface area (Å²) in [6.45, 7) is 2.86. The van der Waals surface area contributed by atoms with Crippen LogP contribution in [0.2, 0.25) is 0 Å². The first-order chi connectivity index (χ1) is 10.2. The number of rotatable bonds is 6. The van der Waals surface area contributed by atoms with E-state index in [0.29, 0.717) is 6.54 Å². The molecule has 0 bridgehead atoms. The van der Waals surface area contributed by atoms with Crippen LogP contribution in [0.25, 0.3) is 0 Å². The molecule has 0 unspecified atom stereocenters. The Labute approximate surface area is 133 Å². The molecule has 0 saturated heterocycles. The third kappa shape index (κ3) is 4.59. The van der Waals surface area contributed by atoms with Crippen LogP contribution in [0.3, 0.4) is 0 Å². The molecule has 0 radical (unpaired) electrons. The molecule has 21 heavy (non-hydrogen) atoms. The van der Waals surface area contributed by atoms with E-state index in [2.05, 4.69) is 40.3 Å². The lowest BCUT2D eigenvalue weighted by atomic mass is 10.1. The molecule has 2 aromatic rings. The number of hydrogen-bond acceptors (Lipinski definition) is 3. The molecule has 0 fully saturated rings. The minimum absolute atomic E-state index is 0.0584. The van der Waals surface area contributed by atoms with Crippen LogP contribution < -0.4 is 10.1 Å². The van der Waals surface area contributed by atoms with E-state index in [1.165, 1.54) is 5.56 Å². The summed E-state index contributed by atoms with van der Waals surface area (Å²) in [7, 11) is 0. The summed E-state index contributed by atoms with van der Waals surface area (Å²) < 4.78 is 6.45. The van der Waals surface area contributed by atoms with Crippen molar-refractivity contribution in [3.63, 3.8) is 0 Å². The second kappa shape index (κ2) is 7.82. The van der Waals surface area contributed by atoms with Crippen LogP contribution in [0, 0.1) is 11.3 Å². The van der Waals surface area contributed by atoms with Crippen molar-refractivity contribution in [3.05, 3.63) is 64.1 Å². The highest BCUT2D eigenvalue weighted by Crippen LogP contribution is 2.24. The van der Waals surface area contributed by atoms with E-state index in [9.17, 15) is 0 Å². The van der Waals surface area contributed by atoms with Gasteiger partial charge in [0.05, 0.1) is 0 Å². The molecule has 4 heteroatoms. The molecule has 0 saturated carbocycles. The van der Waals surface area contributed by atoms with Gasteiger partial charge in [0.15, 0.2) is 6.61 Å². The summed E-state index contributed by atoms with van der Waals surface area (Å²) in [5, 5.41) is 12.1. The Morgan fingerprint density at radius 1 is 1.24 bits per heavy atom. The lowest BCUT2D eigenvalue weighted by Gasteiger charge is -2.16. The average Bonchev–Trinajstić information content (AvgIpc) is 2.52. The van der Waals surface area contributed by atoms with Gasteiger partial charge in [-0.15, -0.1) is 0 Å². The summed E-state index contributed by atoms with van der Waals surface area (Å²) in [5.41, 5.74) is 2.27. The van der Waals surface area contributed by atoms with Crippen LogP contribution in [0.5, 0.6) is 5.75 Å². The van der Waals surface area contributed by atoms with Gasteiger partial charge in [0.1, 0.15) is 11.8 Å². The predicted octanol–water partition coefficient (Wildman–Crippen LogP) is 4.20. The van der Waals surface area contributed by atoms with Crippen LogP contribution in [0.1, 0.15) is 24.1 Å². The van der Waals surface area contributed by atoms with Gasteiger partial charge in [0.2, 0.25) is 0 Å². The van der Waals surface area contributed by atoms with E-state index in [-0.39, 0.29) is 12.6 Å². The number of nitrogens with zero attached hydrogens (tertiary/aromatic N) is 1. The summed E-state index contributed by atoms with van der Waals surface area (Å²) in [6.07, 6.45) is 0. The Hall–Kier alpha value is -1.83. The molecule has 0 aliphatic heterocycles. The van der Waals surface area contributed by atoms with Crippen LogP contribution in [0.4, 0.5) is 0 Å². The van der Waals surface area contributed by atoms with Crippen molar-refractivity contribution in [2.24, 2.45) is 0 Å². The van der Waals surface area contributed by atoms with Crippen LogP contribution in [0.15, 0.2) is 53.0 Å². The monoisotopic (exact) mass is 344 g/mol. The number of ether oxygens (including phenoxy) is 1. The molecule has 2 rings (SSSR count). The highest BCUT2D eigenvalue weighted by atomic mass is 79.9. The largest absolute Gasteiger partial charge is 0.478 e. The molecule has 108 valence electrons. The summed E-state index contributed by atoms with van der Waals surface area (Å²) >= 11 is 3.47. The SMILES string of the molecule is C[C@@H](NCc1cc(Br)ccc1OCC#N)c1ccccc1. The van der Waals surface area contributed by atoms with Crippen molar-refractivity contribution in [1.82, 2.24) is 5.32 Å². The Morgan fingerprint density at radius 2 is 2.00 bits per heavy atom. The van der Waals surface area contributed by atoms with Gasteiger partial charge < -0.3 is 10.1 Å². The minimum Gasteiger partial charge on any atom is -0.478 e. The van der Waals surface area contributed by atoms with Gasteiger partial charge in [-0.25, -0.2) is 0 Å². The Morgan fingerprint density at radius 3 is 2.71 bits per heavy atom. The van der Waals surface area contributed by atoms with E-state index < -0.39 is 0 Å². The van der Waals surface area contributed by atoms with E-state index in [4.69, 9.17) is 10.00 Å². The van der Waals surface area contributed by atoms with Crippen molar-refractivity contribution in [2.45, 2.75) is 19.5 Å². The maximum atomic E-state index is 8.64. The number of nitrogens with one attached hydrogen (secondary N) is 1. The Kier molecular flexibility index (Phi) is 5.79. The Bertz CT molecular complexity index is 622. The third-order valence-electron chi connectivity index (χ3n) is 3.21. The van der Waals surface area contributed by atoms with Gasteiger partial charge in [-0.2, -0.15) is 5.26 Å². The topological polar surface area (TPSA) is 45.0 Å². The minimum atomic E-state index is 0.0584. The summed E-state index contributed by atoms with van der Waals surface area (Å²) in [6, 6.07) is 18.3. The van der Waals surface area contributed by atoms with Crippen molar-refractivity contribution >= 4 is 15.9 Å². The molecule has 1 N–H and O–H groups in total. The van der Waals surface area contributed by atoms with Crippen molar-refractivity contribution < 1.29 is 4.74 Å². The number of hydrogen-bond donors (Lipinski definition) is 1. The first-order valence-corrected chi connectivity index (χ1v) is 7.56. The molecule has 2 aromatic carbocycles. The Balaban J connectivity index is 2.05. The molecule has 0 spiro atoms. The molecule has 1 atom stereocenters. The fourth-order valence-electron chi connectivity index (χ4n) is 2.06. The van der Waals surface area contributed by atoms with Gasteiger partial charge >= 0.3 is 0 Å².